The largest absolute Gasteiger partial charge is 0.423 e. The predicted octanol–water partition coefficient (Wildman–Crippen LogP) is 2.64. The molecule has 1 unspecified atom stereocenters. The highest BCUT2D eigenvalue weighted by molar-refractivity contribution is 5.97. The van der Waals surface area contributed by atoms with E-state index in [0.29, 0.717) is 18.5 Å². The van der Waals surface area contributed by atoms with Crippen LogP contribution < -0.4 is 10.5 Å². The van der Waals surface area contributed by atoms with E-state index in [9.17, 15) is 9.59 Å². The van der Waals surface area contributed by atoms with Crippen LogP contribution in [0.5, 0.6) is 0 Å². The first-order valence-corrected chi connectivity index (χ1v) is 6.56. The fraction of sp³-hybridized carbons (Fsp3) is 0.250. The minimum absolute atomic E-state index is 0.0734. The maximum atomic E-state index is 12.0. The lowest BCUT2D eigenvalue weighted by Gasteiger charge is -2.16. The molecular formula is C16H15NO3. The van der Waals surface area contributed by atoms with Crippen molar-refractivity contribution in [2.24, 2.45) is 5.92 Å². The average Bonchev–Trinajstić information content (AvgIpc) is 2.79. The first-order valence-electron chi connectivity index (χ1n) is 6.56. The van der Waals surface area contributed by atoms with E-state index in [2.05, 4.69) is 6.58 Å². The van der Waals surface area contributed by atoms with Gasteiger partial charge in [0.05, 0.1) is 0 Å². The Morgan fingerprint density at radius 1 is 1.35 bits per heavy atom. The molecule has 0 bridgehead atoms. The maximum absolute atomic E-state index is 12.0. The first-order chi connectivity index (χ1) is 9.58. The van der Waals surface area contributed by atoms with E-state index >= 15 is 0 Å². The number of carbonyl (C=O) groups excluding carboxylic acids is 1. The summed E-state index contributed by atoms with van der Waals surface area (Å²) in [6, 6.07) is 7.00. The van der Waals surface area contributed by atoms with Crippen LogP contribution in [-0.2, 0) is 4.79 Å². The Kier molecular flexibility index (Phi) is 2.93. The molecule has 1 atom stereocenters. The van der Waals surface area contributed by atoms with Gasteiger partial charge in [-0.25, -0.2) is 4.79 Å². The zero-order chi connectivity index (χ0) is 14.3. The molecule has 2 aromatic rings. The lowest BCUT2D eigenvalue weighted by atomic mass is 10.1. The van der Waals surface area contributed by atoms with Gasteiger partial charge >= 0.3 is 5.63 Å². The minimum Gasteiger partial charge on any atom is -0.423 e. The normalized spacial score (nSPS) is 18.8. The first kappa shape index (κ1) is 12.7. The Morgan fingerprint density at radius 3 is 2.85 bits per heavy atom. The topological polar surface area (TPSA) is 50.5 Å². The summed E-state index contributed by atoms with van der Waals surface area (Å²) in [5, 5.41) is 0.889. The fourth-order valence-electron chi connectivity index (χ4n) is 2.62. The summed E-state index contributed by atoms with van der Waals surface area (Å²) in [5.74, 6) is 0.256. The van der Waals surface area contributed by atoms with Gasteiger partial charge < -0.3 is 9.32 Å². The average molecular weight is 269 g/mol. The number of benzene rings is 1. The monoisotopic (exact) mass is 269 g/mol. The molecule has 102 valence electrons. The van der Waals surface area contributed by atoms with Crippen LogP contribution in [0.1, 0.15) is 12.0 Å². The number of rotatable bonds is 2. The van der Waals surface area contributed by atoms with Crippen molar-refractivity contribution in [3.8, 4) is 0 Å². The quantitative estimate of drug-likeness (QED) is 0.622. The summed E-state index contributed by atoms with van der Waals surface area (Å²) in [5.41, 5.74) is 1.78. The van der Waals surface area contributed by atoms with Crippen LogP contribution in [0, 0.1) is 12.8 Å². The second-order valence-electron chi connectivity index (χ2n) is 5.13. The Labute approximate surface area is 116 Å². The highest BCUT2D eigenvalue weighted by Gasteiger charge is 2.28. The van der Waals surface area contributed by atoms with Crippen LogP contribution in [0.4, 0.5) is 5.69 Å². The SMILES string of the molecule is C=CC1CC(=O)N(c2ccc3c(C)cc(=O)oc3c2)C1. The number of aryl methyl sites for hydroxylation is 1. The molecule has 0 radical (unpaired) electrons. The molecular weight excluding hydrogens is 254 g/mol. The predicted molar refractivity (Wildman–Crippen MR) is 77.9 cm³/mol. The Balaban J connectivity index is 2.07. The van der Waals surface area contributed by atoms with E-state index in [1.807, 2.05) is 25.1 Å². The number of hydrogen-bond acceptors (Lipinski definition) is 3. The van der Waals surface area contributed by atoms with Crippen LogP contribution in [0.15, 0.2) is 46.1 Å². The van der Waals surface area contributed by atoms with Gasteiger partial charge in [-0.1, -0.05) is 6.08 Å². The molecule has 1 saturated heterocycles. The molecule has 1 fully saturated rings. The Morgan fingerprint density at radius 2 is 2.15 bits per heavy atom. The minimum atomic E-state index is -0.371. The number of nitrogens with zero attached hydrogens (tertiary/aromatic N) is 1. The summed E-state index contributed by atoms with van der Waals surface area (Å²) in [6.07, 6.45) is 2.29. The van der Waals surface area contributed by atoms with Crippen molar-refractivity contribution in [2.45, 2.75) is 13.3 Å². The molecule has 1 aliphatic heterocycles. The van der Waals surface area contributed by atoms with Gasteiger partial charge in [0.25, 0.3) is 0 Å². The number of amides is 1. The molecule has 0 aliphatic carbocycles. The molecule has 0 spiro atoms. The van der Waals surface area contributed by atoms with E-state index in [0.717, 1.165) is 16.6 Å². The van der Waals surface area contributed by atoms with E-state index in [-0.39, 0.29) is 17.5 Å². The lowest BCUT2D eigenvalue weighted by molar-refractivity contribution is -0.117. The molecule has 4 heteroatoms. The standard InChI is InChI=1S/C16H15NO3/c1-3-11-7-15(18)17(9-11)12-4-5-13-10(2)6-16(19)20-14(13)8-12/h3-6,8,11H,1,7,9H2,2H3. The smallest absolute Gasteiger partial charge is 0.336 e. The van der Waals surface area contributed by atoms with Crippen LogP contribution in [0.25, 0.3) is 11.0 Å². The molecule has 1 amide bonds. The Hall–Kier alpha value is -2.36. The molecule has 3 rings (SSSR count). The number of hydrogen-bond donors (Lipinski definition) is 0. The highest BCUT2D eigenvalue weighted by atomic mass is 16.4. The van der Waals surface area contributed by atoms with Crippen LogP contribution in [0.2, 0.25) is 0 Å². The van der Waals surface area contributed by atoms with E-state index in [1.54, 1.807) is 11.0 Å². The number of fused-ring (bicyclic) bond motifs is 1. The summed E-state index contributed by atoms with van der Waals surface area (Å²) in [4.78, 5) is 25.2. The third kappa shape index (κ3) is 2.03. The van der Waals surface area contributed by atoms with Crippen molar-refractivity contribution in [3.63, 3.8) is 0 Å². The second kappa shape index (κ2) is 4.63. The molecule has 1 aromatic heterocycles. The van der Waals surface area contributed by atoms with Crippen molar-refractivity contribution >= 4 is 22.6 Å². The van der Waals surface area contributed by atoms with Crippen LogP contribution in [-0.4, -0.2) is 12.5 Å². The highest BCUT2D eigenvalue weighted by Crippen LogP contribution is 2.28. The van der Waals surface area contributed by atoms with Crippen molar-refractivity contribution < 1.29 is 9.21 Å². The lowest BCUT2D eigenvalue weighted by Crippen LogP contribution is -2.24. The maximum Gasteiger partial charge on any atom is 0.336 e. The molecule has 20 heavy (non-hydrogen) atoms. The van der Waals surface area contributed by atoms with Gasteiger partial charge in [-0.15, -0.1) is 6.58 Å². The molecule has 4 nitrogen and oxygen atoms in total. The van der Waals surface area contributed by atoms with E-state index < -0.39 is 0 Å². The van der Waals surface area contributed by atoms with Gasteiger partial charge in [-0.05, 0) is 24.6 Å². The zero-order valence-corrected chi connectivity index (χ0v) is 11.3. The molecule has 1 aliphatic rings. The summed E-state index contributed by atoms with van der Waals surface area (Å²) < 4.78 is 5.22. The van der Waals surface area contributed by atoms with Crippen molar-refractivity contribution in [2.75, 3.05) is 11.4 Å². The van der Waals surface area contributed by atoms with Gasteiger partial charge in [-0.3, -0.25) is 4.79 Å². The molecule has 0 N–H and O–H groups in total. The van der Waals surface area contributed by atoms with Crippen molar-refractivity contribution in [1.29, 1.82) is 0 Å². The van der Waals surface area contributed by atoms with Gasteiger partial charge in [0.2, 0.25) is 5.91 Å². The van der Waals surface area contributed by atoms with Gasteiger partial charge in [0.1, 0.15) is 5.58 Å². The fourth-order valence-corrected chi connectivity index (χ4v) is 2.62. The van der Waals surface area contributed by atoms with Crippen LogP contribution in [0.3, 0.4) is 0 Å². The zero-order valence-electron chi connectivity index (χ0n) is 11.3. The second-order valence-corrected chi connectivity index (χ2v) is 5.13. The van der Waals surface area contributed by atoms with Crippen molar-refractivity contribution in [1.82, 2.24) is 0 Å². The number of carbonyl (C=O) groups is 1. The third-order valence-electron chi connectivity index (χ3n) is 3.73. The van der Waals surface area contributed by atoms with Gasteiger partial charge in [0, 0.05) is 42.1 Å². The Bertz CT molecular complexity index is 760. The molecule has 0 saturated carbocycles. The number of anilines is 1. The summed E-state index contributed by atoms with van der Waals surface area (Å²) in [6.45, 7) is 6.24. The summed E-state index contributed by atoms with van der Waals surface area (Å²) in [7, 11) is 0. The summed E-state index contributed by atoms with van der Waals surface area (Å²) >= 11 is 0. The van der Waals surface area contributed by atoms with Gasteiger partial charge in [-0.2, -0.15) is 0 Å². The third-order valence-corrected chi connectivity index (χ3v) is 3.73. The molecule has 2 heterocycles. The van der Waals surface area contributed by atoms with Crippen molar-refractivity contribution in [3.05, 3.63) is 52.9 Å². The van der Waals surface area contributed by atoms with Crippen LogP contribution >= 0.6 is 0 Å². The van der Waals surface area contributed by atoms with E-state index in [1.165, 1.54) is 6.07 Å². The van der Waals surface area contributed by atoms with Gasteiger partial charge in [0.15, 0.2) is 0 Å². The molecule has 1 aromatic carbocycles. The van der Waals surface area contributed by atoms with E-state index in [4.69, 9.17) is 4.42 Å².